The van der Waals surface area contributed by atoms with E-state index in [9.17, 15) is 9.59 Å². The average molecular weight is 250 g/mol. The van der Waals surface area contributed by atoms with Gasteiger partial charge in [-0.2, -0.15) is 0 Å². The van der Waals surface area contributed by atoms with Crippen molar-refractivity contribution in [2.24, 2.45) is 0 Å². The van der Waals surface area contributed by atoms with Gasteiger partial charge in [0.2, 0.25) is 0 Å². The maximum Gasteiger partial charge on any atom is 0.385 e. The molecule has 3 heteroatoms. The maximum absolute atomic E-state index is 12.0. The summed E-state index contributed by atoms with van der Waals surface area (Å²) in [6.07, 6.45) is 0. The minimum atomic E-state index is -0.822. The minimum absolute atomic E-state index is 0.330. The van der Waals surface area contributed by atoms with Gasteiger partial charge >= 0.3 is 5.97 Å². The van der Waals surface area contributed by atoms with Crippen molar-refractivity contribution in [2.75, 3.05) is 0 Å². The number of hydrogen-bond acceptors (Lipinski definition) is 3. The molecule has 2 aromatic rings. The molecule has 0 saturated carbocycles. The first-order valence-corrected chi connectivity index (χ1v) is 5.89. The third kappa shape index (κ3) is 1.95. The molecule has 0 aromatic heterocycles. The highest BCUT2D eigenvalue weighted by Gasteiger charge is 2.35. The minimum Gasteiger partial charge on any atom is -0.419 e. The van der Waals surface area contributed by atoms with E-state index in [1.807, 2.05) is 48.5 Å². The number of carbonyl (C=O) groups is 2. The molecule has 1 heterocycles. The molecule has 0 aliphatic carbocycles. The standard InChI is InChI=1S/C16H10O3/c17-14-13(11-7-3-1-4-8-11)15(19-16(14)18)12-9-5-2-6-10-12/h1-10H. The Morgan fingerprint density at radius 3 is 1.79 bits per heavy atom. The first-order valence-electron chi connectivity index (χ1n) is 5.89. The molecule has 0 unspecified atom stereocenters. The molecule has 0 radical (unpaired) electrons. The molecular weight excluding hydrogens is 240 g/mol. The Kier molecular flexibility index (Phi) is 2.72. The summed E-state index contributed by atoms with van der Waals surface area (Å²) >= 11 is 0. The van der Waals surface area contributed by atoms with Crippen LogP contribution in [0.2, 0.25) is 0 Å². The van der Waals surface area contributed by atoms with Crippen LogP contribution in [0.5, 0.6) is 0 Å². The van der Waals surface area contributed by atoms with E-state index in [1.54, 1.807) is 12.1 Å². The summed E-state index contributed by atoms with van der Waals surface area (Å²) in [5.41, 5.74) is 1.74. The van der Waals surface area contributed by atoms with Gasteiger partial charge in [0.1, 0.15) is 0 Å². The van der Waals surface area contributed by atoms with Crippen LogP contribution in [-0.4, -0.2) is 11.8 Å². The van der Waals surface area contributed by atoms with Gasteiger partial charge in [-0.25, -0.2) is 4.79 Å². The fourth-order valence-corrected chi connectivity index (χ4v) is 2.06. The van der Waals surface area contributed by atoms with Crippen LogP contribution in [0.25, 0.3) is 11.3 Å². The van der Waals surface area contributed by atoms with Gasteiger partial charge in [0.15, 0.2) is 5.76 Å². The van der Waals surface area contributed by atoms with Crippen molar-refractivity contribution in [3.63, 3.8) is 0 Å². The Morgan fingerprint density at radius 1 is 0.684 bits per heavy atom. The monoisotopic (exact) mass is 250 g/mol. The van der Waals surface area contributed by atoms with Gasteiger partial charge in [0.05, 0.1) is 5.57 Å². The summed E-state index contributed by atoms with van der Waals surface area (Å²) < 4.78 is 5.12. The summed E-state index contributed by atoms with van der Waals surface area (Å²) in [6, 6.07) is 18.2. The summed E-state index contributed by atoms with van der Waals surface area (Å²) in [7, 11) is 0. The lowest BCUT2D eigenvalue weighted by atomic mass is 9.99. The lowest BCUT2D eigenvalue weighted by Crippen LogP contribution is -2.08. The van der Waals surface area contributed by atoms with Crippen LogP contribution in [0.3, 0.4) is 0 Å². The molecule has 3 rings (SSSR count). The molecule has 0 atom stereocenters. The molecular formula is C16H10O3. The van der Waals surface area contributed by atoms with Crippen LogP contribution >= 0.6 is 0 Å². The van der Waals surface area contributed by atoms with Crippen molar-refractivity contribution in [1.82, 2.24) is 0 Å². The van der Waals surface area contributed by atoms with Crippen LogP contribution in [-0.2, 0) is 14.3 Å². The lowest BCUT2D eigenvalue weighted by Gasteiger charge is -2.04. The van der Waals surface area contributed by atoms with Gasteiger partial charge in [-0.1, -0.05) is 60.7 Å². The summed E-state index contributed by atoms with van der Waals surface area (Å²) in [6.45, 7) is 0. The van der Waals surface area contributed by atoms with Gasteiger partial charge in [-0.15, -0.1) is 0 Å². The number of cyclic esters (lactones) is 1. The highest BCUT2D eigenvalue weighted by molar-refractivity contribution is 6.57. The normalized spacial score (nSPS) is 14.7. The van der Waals surface area contributed by atoms with E-state index >= 15 is 0 Å². The number of hydrogen-bond donors (Lipinski definition) is 0. The van der Waals surface area contributed by atoms with Crippen LogP contribution in [0, 0.1) is 0 Å². The van der Waals surface area contributed by atoms with Crippen molar-refractivity contribution in [2.45, 2.75) is 0 Å². The highest BCUT2D eigenvalue weighted by Crippen LogP contribution is 2.33. The van der Waals surface area contributed by atoms with Crippen molar-refractivity contribution in [1.29, 1.82) is 0 Å². The van der Waals surface area contributed by atoms with Crippen LogP contribution in [0.1, 0.15) is 11.1 Å². The summed E-state index contributed by atoms with van der Waals surface area (Å²) in [4.78, 5) is 23.5. The largest absolute Gasteiger partial charge is 0.419 e. The Hall–Kier alpha value is -2.68. The fourth-order valence-electron chi connectivity index (χ4n) is 2.06. The summed E-state index contributed by atoms with van der Waals surface area (Å²) in [5, 5.41) is 0. The molecule has 19 heavy (non-hydrogen) atoms. The van der Waals surface area contributed by atoms with Crippen molar-refractivity contribution >= 4 is 23.1 Å². The van der Waals surface area contributed by atoms with Crippen LogP contribution in [0.4, 0.5) is 0 Å². The molecule has 2 aromatic carbocycles. The Bertz CT molecular complexity index is 670. The third-order valence-corrected chi connectivity index (χ3v) is 2.93. The number of rotatable bonds is 2. The Morgan fingerprint density at radius 2 is 1.21 bits per heavy atom. The van der Waals surface area contributed by atoms with E-state index in [-0.39, 0.29) is 0 Å². The van der Waals surface area contributed by atoms with Gasteiger partial charge < -0.3 is 4.74 Å². The van der Waals surface area contributed by atoms with Gasteiger partial charge in [-0.3, -0.25) is 4.79 Å². The van der Waals surface area contributed by atoms with E-state index in [4.69, 9.17) is 4.74 Å². The molecule has 92 valence electrons. The molecule has 0 saturated heterocycles. The molecule has 3 nitrogen and oxygen atoms in total. The second-order valence-corrected chi connectivity index (χ2v) is 4.15. The number of esters is 1. The first-order chi connectivity index (χ1) is 9.27. The van der Waals surface area contributed by atoms with E-state index in [0.717, 1.165) is 5.56 Å². The lowest BCUT2D eigenvalue weighted by molar-refractivity contribution is -0.144. The Labute approximate surface area is 110 Å². The number of carbonyl (C=O) groups excluding carboxylic acids is 2. The first kappa shape index (κ1) is 11.4. The third-order valence-electron chi connectivity index (χ3n) is 2.93. The van der Waals surface area contributed by atoms with Crippen LogP contribution < -0.4 is 0 Å². The predicted octanol–water partition coefficient (Wildman–Crippen LogP) is 2.68. The highest BCUT2D eigenvalue weighted by atomic mass is 16.5. The maximum atomic E-state index is 12.0. The number of benzene rings is 2. The average Bonchev–Trinajstić information content (AvgIpc) is 2.77. The second-order valence-electron chi connectivity index (χ2n) is 4.15. The molecule has 0 amide bonds. The van der Waals surface area contributed by atoms with E-state index < -0.39 is 11.8 Å². The number of Topliss-reactive ketones (excluding diaryl/α,β-unsaturated/α-hetero) is 1. The van der Waals surface area contributed by atoms with E-state index in [0.29, 0.717) is 16.9 Å². The van der Waals surface area contributed by atoms with E-state index in [2.05, 4.69) is 0 Å². The van der Waals surface area contributed by atoms with Gasteiger partial charge in [0, 0.05) is 5.56 Å². The zero-order valence-corrected chi connectivity index (χ0v) is 10.00. The zero-order chi connectivity index (χ0) is 13.2. The zero-order valence-electron chi connectivity index (χ0n) is 10.00. The quantitative estimate of drug-likeness (QED) is 0.608. The fraction of sp³-hybridized carbons (Fsp3) is 0. The summed E-state index contributed by atoms with van der Waals surface area (Å²) in [5.74, 6) is -1.08. The van der Waals surface area contributed by atoms with Gasteiger partial charge in [-0.05, 0) is 5.56 Å². The molecule has 1 aliphatic rings. The number of ether oxygens (including phenoxy) is 1. The second kappa shape index (κ2) is 4.53. The topological polar surface area (TPSA) is 43.4 Å². The van der Waals surface area contributed by atoms with Crippen molar-refractivity contribution < 1.29 is 14.3 Å². The molecule has 0 bridgehead atoms. The predicted molar refractivity (Wildman–Crippen MR) is 70.8 cm³/mol. The van der Waals surface area contributed by atoms with E-state index in [1.165, 1.54) is 0 Å². The van der Waals surface area contributed by atoms with Crippen molar-refractivity contribution in [3.05, 3.63) is 71.8 Å². The SMILES string of the molecule is O=C1OC(c2ccccc2)=C(c2ccccc2)C1=O. The number of ketones is 1. The molecule has 0 fully saturated rings. The smallest absolute Gasteiger partial charge is 0.385 e. The molecule has 0 spiro atoms. The Balaban J connectivity index is 2.20. The van der Waals surface area contributed by atoms with Crippen LogP contribution in [0.15, 0.2) is 60.7 Å². The van der Waals surface area contributed by atoms with Gasteiger partial charge in [0.25, 0.3) is 5.78 Å². The van der Waals surface area contributed by atoms with Crippen molar-refractivity contribution in [3.8, 4) is 0 Å². The molecule has 1 aliphatic heterocycles. The molecule has 0 N–H and O–H groups in total.